The van der Waals surface area contributed by atoms with Crippen LogP contribution < -0.4 is 20.7 Å². The summed E-state index contributed by atoms with van der Waals surface area (Å²) < 4.78 is 7.02. The zero-order chi connectivity index (χ0) is 17.4. The SMILES string of the molecule is Cn1ncc(C2CC2)c1CNC(=O)Nc1ccc2c(n1)NC(=O)CO2. The molecule has 3 amide bonds. The van der Waals surface area contributed by atoms with Crippen LogP contribution in [0.25, 0.3) is 0 Å². The Kier molecular flexibility index (Phi) is 3.75. The van der Waals surface area contributed by atoms with Crippen LogP contribution in [0.1, 0.15) is 30.0 Å². The van der Waals surface area contributed by atoms with Crippen molar-refractivity contribution in [1.82, 2.24) is 20.1 Å². The Morgan fingerprint density at radius 1 is 1.44 bits per heavy atom. The molecule has 0 spiro atoms. The van der Waals surface area contributed by atoms with Crippen molar-refractivity contribution in [3.05, 3.63) is 29.6 Å². The molecule has 9 heteroatoms. The number of urea groups is 1. The minimum atomic E-state index is -0.376. The number of fused-ring (bicyclic) bond motifs is 1. The van der Waals surface area contributed by atoms with Crippen molar-refractivity contribution in [2.24, 2.45) is 7.05 Å². The largest absolute Gasteiger partial charge is 0.480 e. The Bertz CT molecular complexity index is 842. The van der Waals surface area contributed by atoms with Gasteiger partial charge in [-0.1, -0.05) is 0 Å². The van der Waals surface area contributed by atoms with E-state index in [9.17, 15) is 9.59 Å². The number of nitrogens with one attached hydrogen (secondary N) is 3. The Balaban J connectivity index is 1.39. The fraction of sp³-hybridized carbons (Fsp3) is 0.375. The van der Waals surface area contributed by atoms with Crippen molar-refractivity contribution in [3.8, 4) is 5.75 Å². The smallest absolute Gasteiger partial charge is 0.320 e. The number of hydrogen-bond acceptors (Lipinski definition) is 5. The summed E-state index contributed by atoms with van der Waals surface area (Å²) >= 11 is 0. The topological polar surface area (TPSA) is 110 Å². The molecule has 0 bridgehead atoms. The van der Waals surface area contributed by atoms with Gasteiger partial charge in [0.25, 0.3) is 5.91 Å². The summed E-state index contributed by atoms with van der Waals surface area (Å²) in [4.78, 5) is 27.6. The summed E-state index contributed by atoms with van der Waals surface area (Å²) in [6.45, 7) is 0.356. The van der Waals surface area contributed by atoms with E-state index in [1.807, 2.05) is 13.2 Å². The zero-order valence-electron chi connectivity index (χ0n) is 13.7. The minimum absolute atomic E-state index is 0.0318. The molecule has 0 atom stereocenters. The van der Waals surface area contributed by atoms with Gasteiger partial charge in [0.15, 0.2) is 18.2 Å². The van der Waals surface area contributed by atoms with E-state index in [2.05, 4.69) is 26.0 Å². The first kappa shape index (κ1) is 15.4. The predicted molar refractivity (Wildman–Crippen MR) is 89.4 cm³/mol. The van der Waals surface area contributed by atoms with E-state index in [1.54, 1.807) is 16.8 Å². The first-order chi connectivity index (χ1) is 12.1. The lowest BCUT2D eigenvalue weighted by Crippen LogP contribution is -2.30. The summed E-state index contributed by atoms with van der Waals surface area (Å²) in [5.74, 6) is 1.41. The molecule has 0 aromatic carbocycles. The van der Waals surface area contributed by atoms with Crippen LogP contribution >= 0.6 is 0 Å². The molecule has 9 nitrogen and oxygen atoms in total. The average Bonchev–Trinajstić information content (AvgIpc) is 3.36. The van der Waals surface area contributed by atoms with Gasteiger partial charge in [0.2, 0.25) is 0 Å². The van der Waals surface area contributed by atoms with Gasteiger partial charge in [0.1, 0.15) is 5.82 Å². The van der Waals surface area contributed by atoms with Crippen molar-refractivity contribution in [2.75, 3.05) is 17.2 Å². The molecule has 1 aliphatic heterocycles. The van der Waals surface area contributed by atoms with E-state index >= 15 is 0 Å². The van der Waals surface area contributed by atoms with E-state index in [-0.39, 0.29) is 18.5 Å². The first-order valence-corrected chi connectivity index (χ1v) is 8.09. The number of rotatable bonds is 4. The van der Waals surface area contributed by atoms with Crippen molar-refractivity contribution in [3.63, 3.8) is 0 Å². The molecule has 2 aromatic heterocycles. The monoisotopic (exact) mass is 342 g/mol. The average molecular weight is 342 g/mol. The lowest BCUT2D eigenvalue weighted by Gasteiger charge is -2.17. The minimum Gasteiger partial charge on any atom is -0.480 e. The Hall–Kier alpha value is -3.10. The number of pyridine rings is 1. The van der Waals surface area contributed by atoms with Gasteiger partial charge in [-0.15, -0.1) is 0 Å². The standard InChI is InChI=1S/C16H18N6O3/c1-22-11(10(6-18-22)9-2-3-9)7-17-16(24)20-13-5-4-12-15(19-13)21-14(23)8-25-12/h4-6,9H,2-3,7-8H2,1H3,(H3,17,19,20,21,23,24). The van der Waals surface area contributed by atoms with Gasteiger partial charge in [-0.3, -0.25) is 14.8 Å². The molecule has 2 aromatic rings. The molecule has 1 aliphatic carbocycles. The number of ether oxygens (including phenoxy) is 1. The number of anilines is 2. The molecular weight excluding hydrogens is 324 g/mol. The molecule has 0 radical (unpaired) electrons. The molecule has 130 valence electrons. The van der Waals surface area contributed by atoms with Gasteiger partial charge in [0, 0.05) is 7.05 Å². The van der Waals surface area contributed by atoms with E-state index < -0.39 is 0 Å². The molecule has 1 fully saturated rings. The van der Waals surface area contributed by atoms with Crippen molar-refractivity contribution in [2.45, 2.75) is 25.3 Å². The summed E-state index contributed by atoms with van der Waals surface area (Å²) in [5.41, 5.74) is 2.21. The third-order valence-electron chi connectivity index (χ3n) is 4.24. The van der Waals surface area contributed by atoms with Crippen molar-refractivity contribution in [1.29, 1.82) is 0 Å². The maximum absolute atomic E-state index is 12.1. The van der Waals surface area contributed by atoms with Gasteiger partial charge in [-0.25, -0.2) is 9.78 Å². The van der Waals surface area contributed by atoms with Gasteiger partial charge >= 0.3 is 6.03 Å². The molecule has 25 heavy (non-hydrogen) atoms. The second kappa shape index (κ2) is 6.08. The van der Waals surface area contributed by atoms with Gasteiger partial charge in [-0.05, 0) is 36.5 Å². The van der Waals surface area contributed by atoms with Crippen LogP contribution in [0.3, 0.4) is 0 Å². The molecule has 1 saturated carbocycles. The highest BCUT2D eigenvalue weighted by Crippen LogP contribution is 2.41. The molecule has 4 rings (SSSR count). The lowest BCUT2D eigenvalue weighted by atomic mass is 10.1. The van der Waals surface area contributed by atoms with Crippen molar-refractivity contribution < 1.29 is 14.3 Å². The van der Waals surface area contributed by atoms with E-state index in [1.165, 1.54) is 18.4 Å². The zero-order valence-corrected chi connectivity index (χ0v) is 13.7. The number of aryl methyl sites for hydroxylation is 1. The number of amides is 3. The molecule has 3 heterocycles. The lowest BCUT2D eigenvalue weighted by molar-refractivity contribution is -0.118. The quantitative estimate of drug-likeness (QED) is 0.777. The summed E-state index contributed by atoms with van der Waals surface area (Å²) in [6, 6.07) is 2.90. The highest BCUT2D eigenvalue weighted by Gasteiger charge is 2.28. The summed E-state index contributed by atoms with van der Waals surface area (Å²) in [7, 11) is 1.87. The fourth-order valence-electron chi connectivity index (χ4n) is 2.79. The highest BCUT2D eigenvalue weighted by molar-refractivity contribution is 5.95. The molecule has 0 saturated heterocycles. The van der Waals surface area contributed by atoms with Crippen LogP contribution in [-0.2, 0) is 18.4 Å². The van der Waals surface area contributed by atoms with Gasteiger partial charge < -0.3 is 15.4 Å². The van der Waals surface area contributed by atoms with Gasteiger partial charge in [0.05, 0.1) is 18.4 Å². The summed E-state index contributed by atoms with van der Waals surface area (Å²) in [5, 5.41) is 12.3. The van der Waals surface area contributed by atoms with Gasteiger partial charge in [-0.2, -0.15) is 5.10 Å². The molecule has 2 aliphatic rings. The number of aromatic nitrogens is 3. The normalized spacial score (nSPS) is 15.8. The molecule has 3 N–H and O–H groups in total. The third-order valence-corrected chi connectivity index (χ3v) is 4.24. The van der Waals surface area contributed by atoms with E-state index in [4.69, 9.17) is 4.74 Å². The van der Waals surface area contributed by atoms with E-state index in [0.29, 0.717) is 29.8 Å². The van der Waals surface area contributed by atoms with Crippen LogP contribution in [0, 0.1) is 0 Å². The highest BCUT2D eigenvalue weighted by atomic mass is 16.5. The first-order valence-electron chi connectivity index (χ1n) is 8.09. The number of hydrogen-bond donors (Lipinski definition) is 3. The maximum atomic E-state index is 12.1. The molecular formula is C16H18N6O3. The molecule has 0 unspecified atom stereocenters. The van der Waals surface area contributed by atoms with Crippen LogP contribution in [0.2, 0.25) is 0 Å². The Morgan fingerprint density at radius 2 is 2.28 bits per heavy atom. The number of nitrogens with zero attached hydrogens (tertiary/aromatic N) is 3. The van der Waals surface area contributed by atoms with Crippen LogP contribution in [0.15, 0.2) is 18.3 Å². The predicted octanol–water partition coefficient (Wildman–Crippen LogP) is 1.35. The number of carbonyl (C=O) groups is 2. The van der Waals surface area contributed by atoms with E-state index in [0.717, 1.165) is 5.69 Å². The second-order valence-electron chi connectivity index (χ2n) is 6.13. The number of carbonyl (C=O) groups excluding carboxylic acids is 2. The second-order valence-corrected chi connectivity index (χ2v) is 6.13. The Labute approximate surface area is 143 Å². The third kappa shape index (κ3) is 3.25. The van der Waals surface area contributed by atoms with Crippen LogP contribution in [-0.4, -0.2) is 33.3 Å². The van der Waals surface area contributed by atoms with Crippen molar-refractivity contribution >= 4 is 23.6 Å². The van der Waals surface area contributed by atoms with Crippen LogP contribution in [0.5, 0.6) is 5.75 Å². The Morgan fingerprint density at radius 3 is 3.08 bits per heavy atom. The fourth-order valence-corrected chi connectivity index (χ4v) is 2.79. The maximum Gasteiger partial charge on any atom is 0.320 e. The van der Waals surface area contributed by atoms with Crippen LogP contribution in [0.4, 0.5) is 16.4 Å². The summed E-state index contributed by atoms with van der Waals surface area (Å²) in [6.07, 6.45) is 4.23.